The van der Waals surface area contributed by atoms with Crippen LogP contribution in [0, 0.1) is 11.2 Å². The molecule has 0 atom stereocenters. The maximum Gasteiger partial charge on any atom is 0.322 e. The van der Waals surface area contributed by atoms with E-state index in [1.165, 1.54) is 7.11 Å². The van der Waals surface area contributed by atoms with E-state index in [-0.39, 0.29) is 28.5 Å². The number of halogens is 1. The van der Waals surface area contributed by atoms with Crippen molar-refractivity contribution in [1.82, 2.24) is 4.90 Å². The minimum atomic E-state index is -0.410. The molecule has 3 saturated carbocycles. The molecule has 3 aliphatic carbocycles. The number of methoxy groups -OCH3 is 1. The Morgan fingerprint density at radius 2 is 1.58 bits per heavy atom. The number of benzene rings is 2. The summed E-state index contributed by atoms with van der Waals surface area (Å²) in [7, 11) is 1.46. The largest absolute Gasteiger partial charge is 0.469 e. The molecule has 5 nitrogen and oxygen atoms in total. The number of hydrogen-bond acceptors (Lipinski definition) is 3. The normalized spacial score (nSPS) is 26.5. The first-order valence-electron chi connectivity index (χ1n) is 11.0. The van der Waals surface area contributed by atoms with Crippen LogP contribution in [0.1, 0.15) is 55.2 Å². The van der Waals surface area contributed by atoms with E-state index in [0.29, 0.717) is 13.1 Å². The number of hydrogen-bond donors (Lipinski definition) is 1. The van der Waals surface area contributed by atoms with Crippen molar-refractivity contribution in [3.05, 3.63) is 65.0 Å². The molecule has 0 radical (unpaired) electrons. The van der Waals surface area contributed by atoms with Gasteiger partial charge in [0.2, 0.25) is 0 Å². The molecule has 2 aromatic carbocycles. The fourth-order valence-electron chi connectivity index (χ4n) is 5.76. The molecule has 0 spiro atoms. The first kappa shape index (κ1) is 20.0. The van der Waals surface area contributed by atoms with Crippen molar-refractivity contribution >= 4 is 17.7 Å². The number of carbonyl (C=O) groups excluding carboxylic acids is 2. The number of amides is 2. The molecule has 4 aliphatic rings. The average molecular weight is 423 g/mol. The summed E-state index contributed by atoms with van der Waals surface area (Å²) in [6, 6.07) is 12.9. The first-order valence-corrected chi connectivity index (χ1v) is 11.0. The van der Waals surface area contributed by atoms with Crippen molar-refractivity contribution in [2.24, 2.45) is 5.41 Å². The van der Waals surface area contributed by atoms with Crippen LogP contribution in [-0.2, 0) is 28.0 Å². The lowest BCUT2D eigenvalue weighted by molar-refractivity contribution is -0.160. The third-order valence-electron chi connectivity index (χ3n) is 7.82. The van der Waals surface area contributed by atoms with Gasteiger partial charge in [0.1, 0.15) is 5.82 Å². The number of anilines is 1. The lowest BCUT2D eigenvalue weighted by Crippen LogP contribution is -2.48. The van der Waals surface area contributed by atoms with Crippen LogP contribution in [0.2, 0.25) is 0 Å². The maximum absolute atomic E-state index is 15.0. The Labute approximate surface area is 181 Å². The Balaban J connectivity index is 1.28. The topological polar surface area (TPSA) is 58.6 Å². The zero-order chi connectivity index (χ0) is 21.6. The third kappa shape index (κ3) is 3.29. The van der Waals surface area contributed by atoms with Gasteiger partial charge in [0, 0.05) is 13.1 Å². The molecule has 2 aromatic rings. The van der Waals surface area contributed by atoms with Crippen molar-refractivity contribution in [3.63, 3.8) is 0 Å². The minimum absolute atomic E-state index is 0.0876. The summed E-state index contributed by atoms with van der Waals surface area (Å²) in [5.41, 5.74) is 2.99. The Morgan fingerprint density at radius 1 is 0.968 bits per heavy atom. The highest BCUT2D eigenvalue weighted by atomic mass is 19.1. The van der Waals surface area contributed by atoms with Crippen molar-refractivity contribution in [2.45, 2.75) is 57.0 Å². The molecular formula is C25H27FN2O3. The summed E-state index contributed by atoms with van der Waals surface area (Å²) >= 11 is 0. The molecule has 3 fully saturated rings. The molecule has 6 heteroatoms. The van der Waals surface area contributed by atoms with Crippen LogP contribution < -0.4 is 5.32 Å². The van der Waals surface area contributed by atoms with Gasteiger partial charge in [-0.1, -0.05) is 30.3 Å². The molecule has 6 rings (SSSR count). The van der Waals surface area contributed by atoms with Gasteiger partial charge >= 0.3 is 12.0 Å². The van der Waals surface area contributed by atoms with Crippen LogP contribution in [0.25, 0.3) is 0 Å². The fraction of sp³-hybridized carbons (Fsp3) is 0.440. The second-order valence-corrected chi connectivity index (χ2v) is 9.30. The zero-order valence-electron chi connectivity index (χ0n) is 17.7. The molecule has 31 heavy (non-hydrogen) atoms. The average Bonchev–Trinajstić information content (AvgIpc) is 3.25. The van der Waals surface area contributed by atoms with Crippen LogP contribution in [0.4, 0.5) is 14.9 Å². The van der Waals surface area contributed by atoms with Crippen LogP contribution in [0.15, 0.2) is 42.5 Å². The monoisotopic (exact) mass is 422 g/mol. The van der Waals surface area contributed by atoms with Crippen molar-refractivity contribution in [1.29, 1.82) is 0 Å². The van der Waals surface area contributed by atoms with Gasteiger partial charge in [0.05, 0.1) is 18.2 Å². The molecule has 0 aromatic heterocycles. The summed E-state index contributed by atoms with van der Waals surface area (Å²) in [5, 5.41) is 2.74. The van der Waals surface area contributed by atoms with Gasteiger partial charge in [0.25, 0.3) is 0 Å². The predicted octanol–water partition coefficient (Wildman–Crippen LogP) is 5.14. The third-order valence-corrected chi connectivity index (χ3v) is 7.82. The second kappa shape index (κ2) is 7.36. The Kier molecular flexibility index (Phi) is 4.76. The summed E-state index contributed by atoms with van der Waals surface area (Å²) in [5.74, 6) is -0.513. The number of esters is 1. The quantitative estimate of drug-likeness (QED) is 0.697. The Morgan fingerprint density at radius 3 is 2.13 bits per heavy atom. The van der Waals surface area contributed by atoms with Crippen molar-refractivity contribution < 1.29 is 18.7 Å². The van der Waals surface area contributed by atoms with Crippen molar-refractivity contribution in [3.8, 4) is 0 Å². The predicted molar refractivity (Wildman–Crippen MR) is 115 cm³/mol. The van der Waals surface area contributed by atoms with Gasteiger partial charge in [-0.3, -0.25) is 4.79 Å². The molecule has 162 valence electrons. The molecule has 2 bridgehead atoms. The molecule has 2 amide bonds. The summed E-state index contributed by atoms with van der Waals surface area (Å²) in [6.45, 7) is 1.07. The lowest BCUT2D eigenvalue weighted by atomic mass is 9.52. The number of urea groups is 1. The van der Waals surface area contributed by atoms with Gasteiger partial charge in [-0.15, -0.1) is 0 Å². The molecule has 1 N–H and O–H groups in total. The minimum Gasteiger partial charge on any atom is -0.469 e. The van der Waals surface area contributed by atoms with E-state index in [1.54, 1.807) is 17.0 Å². The van der Waals surface area contributed by atoms with E-state index >= 15 is 0 Å². The zero-order valence-corrected chi connectivity index (χ0v) is 17.7. The van der Waals surface area contributed by atoms with E-state index in [4.69, 9.17) is 4.74 Å². The summed E-state index contributed by atoms with van der Waals surface area (Å²) < 4.78 is 20.0. The first-order chi connectivity index (χ1) is 14.9. The number of ether oxygens (including phenoxy) is 1. The van der Waals surface area contributed by atoms with Gasteiger partial charge in [-0.2, -0.15) is 0 Å². The number of fused-ring (bicyclic) bond motifs is 4. The standard InChI is InChI=1S/C25H27FN2O3/c1-31-22(29)25-11-8-24(9-12-25,10-13-25)19-6-7-21(20(26)14-19)27-23(30)28-15-17-4-2-3-5-18(17)16-28/h2-7,14H,8-13,15-16H2,1H3,(H,27,30). The van der Waals surface area contributed by atoms with Gasteiger partial charge in [-0.05, 0) is 72.8 Å². The lowest BCUT2D eigenvalue weighted by Gasteiger charge is -2.52. The Hall–Kier alpha value is -2.89. The molecule has 0 saturated heterocycles. The smallest absolute Gasteiger partial charge is 0.322 e. The second-order valence-electron chi connectivity index (χ2n) is 9.30. The highest BCUT2D eigenvalue weighted by molar-refractivity contribution is 5.90. The maximum atomic E-state index is 15.0. The van der Waals surface area contributed by atoms with E-state index in [9.17, 15) is 14.0 Å². The van der Waals surface area contributed by atoms with Crippen LogP contribution in [0.3, 0.4) is 0 Å². The highest BCUT2D eigenvalue weighted by Gasteiger charge is 2.53. The van der Waals surface area contributed by atoms with Crippen LogP contribution >= 0.6 is 0 Å². The summed E-state index contributed by atoms with van der Waals surface area (Å²) in [4.78, 5) is 26.6. The number of nitrogens with one attached hydrogen (secondary N) is 1. The van der Waals surface area contributed by atoms with Gasteiger partial charge < -0.3 is 15.0 Å². The number of rotatable bonds is 3. The van der Waals surface area contributed by atoms with E-state index in [0.717, 1.165) is 55.2 Å². The molecule has 0 unspecified atom stereocenters. The molecule has 1 aliphatic heterocycles. The van der Waals surface area contributed by atoms with Crippen LogP contribution in [0.5, 0.6) is 0 Å². The van der Waals surface area contributed by atoms with Gasteiger partial charge in [-0.25, -0.2) is 9.18 Å². The highest BCUT2D eigenvalue weighted by Crippen LogP contribution is 2.58. The molecule has 1 heterocycles. The number of carbonyl (C=O) groups is 2. The van der Waals surface area contributed by atoms with Crippen molar-refractivity contribution in [2.75, 3.05) is 12.4 Å². The van der Waals surface area contributed by atoms with E-state index < -0.39 is 5.82 Å². The van der Waals surface area contributed by atoms with E-state index in [2.05, 4.69) is 5.32 Å². The fourth-order valence-corrected chi connectivity index (χ4v) is 5.76. The van der Waals surface area contributed by atoms with Gasteiger partial charge in [0.15, 0.2) is 0 Å². The SMILES string of the molecule is COC(=O)C12CCC(c3ccc(NC(=O)N4Cc5ccccc5C4)c(F)c3)(CC1)CC2. The van der Waals surface area contributed by atoms with Crippen LogP contribution in [-0.4, -0.2) is 24.0 Å². The number of nitrogens with zero attached hydrogens (tertiary/aromatic N) is 1. The molecular weight excluding hydrogens is 395 g/mol. The van der Waals surface area contributed by atoms with E-state index in [1.807, 2.05) is 30.3 Å². The summed E-state index contributed by atoms with van der Waals surface area (Å²) in [6.07, 6.45) is 4.94. The Bertz CT molecular complexity index is 1000.